The standard InChI is InChI=1S/C7H15NO5S/c9-7(5-14(10,11)12)3-6-4-13-2-1-8-6/h6-9H,1-5H2,(H,10,11,12). The molecular formula is C7H15NO5S. The lowest BCUT2D eigenvalue weighted by molar-refractivity contribution is 0.0560. The number of hydrogen-bond donors (Lipinski definition) is 3. The predicted octanol–water partition coefficient (Wildman–Crippen LogP) is -1.39. The van der Waals surface area contributed by atoms with Crippen molar-refractivity contribution in [2.75, 3.05) is 25.5 Å². The lowest BCUT2D eigenvalue weighted by Gasteiger charge is -2.25. The minimum absolute atomic E-state index is 0.0412. The lowest BCUT2D eigenvalue weighted by Crippen LogP contribution is -2.44. The van der Waals surface area contributed by atoms with Gasteiger partial charge < -0.3 is 15.2 Å². The third-order valence-electron chi connectivity index (χ3n) is 1.96. The highest BCUT2D eigenvalue weighted by atomic mass is 32.2. The zero-order chi connectivity index (χ0) is 10.6. The zero-order valence-electron chi connectivity index (χ0n) is 7.72. The van der Waals surface area contributed by atoms with Gasteiger partial charge in [0.25, 0.3) is 10.1 Å². The van der Waals surface area contributed by atoms with Crippen LogP contribution in [-0.2, 0) is 14.9 Å². The summed E-state index contributed by atoms with van der Waals surface area (Å²) in [6, 6.07) is -0.0412. The van der Waals surface area contributed by atoms with Crippen molar-refractivity contribution in [3.8, 4) is 0 Å². The number of ether oxygens (including phenoxy) is 1. The molecule has 2 atom stereocenters. The van der Waals surface area contributed by atoms with E-state index < -0.39 is 22.0 Å². The molecule has 84 valence electrons. The molecule has 1 rings (SSSR count). The molecule has 6 nitrogen and oxygen atoms in total. The van der Waals surface area contributed by atoms with E-state index in [9.17, 15) is 13.5 Å². The minimum Gasteiger partial charge on any atom is -0.392 e. The van der Waals surface area contributed by atoms with Crippen LogP contribution in [0.2, 0.25) is 0 Å². The molecule has 3 N–H and O–H groups in total. The summed E-state index contributed by atoms with van der Waals surface area (Å²) in [5, 5.41) is 12.4. The summed E-state index contributed by atoms with van der Waals surface area (Å²) in [7, 11) is -4.09. The van der Waals surface area contributed by atoms with Gasteiger partial charge in [0.2, 0.25) is 0 Å². The second-order valence-electron chi connectivity index (χ2n) is 3.36. The largest absolute Gasteiger partial charge is 0.392 e. The summed E-state index contributed by atoms with van der Waals surface area (Å²) in [4.78, 5) is 0. The van der Waals surface area contributed by atoms with Gasteiger partial charge >= 0.3 is 0 Å². The molecule has 1 fully saturated rings. The van der Waals surface area contributed by atoms with Crippen molar-refractivity contribution in [1.29, 1.82) is 0 Å². The molecule has 1 saturated heterocycles. The number of nitrogens with one attached hydrogen (secondary N) is 1. The van der Waals surface area contributed by atoms with Gasteiger partial charge in [0.15, 0.2) is 0 Å². The fourth-order valence-electron chi connectivity index (χ4n) is 1.41. The summed E-state index contributed by atoms with van der Waals surface area (Å²) in [6.45, 7) is 1.79. The van der Waals surface area contributed by atoms with Crippen LogP contribution in [0.15, 0.2) is 0 Å². The first-order valence-corrected chi connectivity index (χ1v) is 6.02. The average molecular weight is 225 g/mol. The van der Waals surface area contributed by atoms with Crippen LogP contribution in [0.25, 0.3) is 0 Å². The molecule has 0 aromatic carbocycles. The molecule has 2 unspecified atom stereocenters. The van der Waals surface area contributed by atoms with E-state index >= 15 is 0 Å². The van der Waals surface area contributed by atoms with Gasteiger partial charge in [-0.3, -0.25) is 4.55 Å². The Kier molecular flexibility index (Phi) is 4.27. The highest BCUT2D eigenvalue weighted by molar-refractivity contribution is 7.85. The van der Waals surface area contributed by atoms with Crippen molar-refractivity contribution in [3.05, 3.63) is 0 Å². The van der Waals surface area contributed by atoms with Crippen molar-refractivity contribution in [1.82, 2.24) is 5.32 Å². The van der Waals surface area contributed by atoms with Crippen molar-refractivity contribution < 1.29 is 22.8 Å². The van der Waals surface area contributed by atoms with Gasteiger partial charge in [0.05, 0.1) is 19.3 Å². The summed E-state index contributed by atoms with van der Waals surface area (Å²) < 4.78 is 34.5. The van der Waals surface area contributed by atoms with Gasteiger partial charge in [-0.25, -0.2) is 0 Å². The van der Waals surface area contributed by atoms with Gasteiger partial charge in [0.1, 0.15) is 5.75 Å². The van der Waals surface area contributed by atoms with Crippen molar-refractivity contribution >= 4 is 10.1 Å². The molecule has 0 amide bonds. The van der Waals surface area contributed by atoms with Crippen LogP contribution in [0, 0.1) is 0 Å². The number of hydrogen-bond acceptors (Lipinski definition) is 5. The smallest absolute Gasteiger partial charge is 0.267 e. The van der Waals surface area contributed by atoms with Gasteiger partial charge in [0, 0.05) is 12.6 Å². The summed E-state index contributed by atoms with van der Waals surface area (Å²) >= 11 is 0. The van der Waals surface area contributed by atoms with Crippen LogP contribution >= 0.6 is 0 Å². The Hall–Kier alpha value is -0.210. The molecule has 0 aliphatic carbocycles. The maximum Gasteiger partial charge on any atom is 0.267 e. The minimum atomic E-state index is -4.09. The number of aliphatic hydroxyl groups is 1. The van der Waals surface area contributed by atoms with Crippen molar-refractivity contribution in [3.63, 3.8) is 0 Å². The second kappa shape index (κ2) is 5.04. The van der Waals surface area contributed by atoms with E-state index in [1.165, 1.54) is 0 Å². The second-order valence-corrected chi connectivity index (χ2v) is 4.86. The van der Waals surface area contributed by atoms with Gasteiger partial charge in [-0.05, 0) is 6.42 Å². The molecule has 0 aromatic heterocycles. The van der Waals surface area contributed by atoms with Crippen LogP contribution < -0.4 is 5.32 Å². The highest BCUT2D eigenvalue weighted by Crippen LogP contribution is 2.04. The van der Waals surface area contributed by atoms with Crippen molar-refractivity contribution in [2.45, 2.75) is 18.6 Å². The fourth-order valence-corrected chi connectivity index (χ4v) is 2.03. The quantitative estimate of drug-likeness (QED) is 0.510. The van der Waals surface area contributed by atoms with Gasteiger partial charge in [-0.1, -0.05) is 0 Å². The third kappa shape index (κ3) is 4.87. The Bertz CT molecular complexity index is 259. The van der Waals surface area contributed by atoms with E-state index in [2.05, 4.69) is 5.32 Å². The maximum absolute atomic E-state index is 10.4. The normalized spacial score (nSPS) is 26.0. The maximum atomic E-state index is 10.4. The van der Waals surface area contributed by atoms with E-state index in [0.717, 1.165) is 0 Å². The number of aliphatic hydroxyl groups excluding tert-OH is 1. The van der Waals surface area contributed by atoms with E-state index in [-0.39, 0.29) is 12.5 Å². The Morgan fingerprint density at radius 3 is 2.79 bits per heavy atom. The molecule has 1 aliphatic rings. The molecule has 0 saturated carbocycles. The van der Waals surface area contributed by atoms with Gasteiger partial charge in [-0.2, -0.15) is 8.42 Å². The monoisotopic (exact) mass is 225 g/mol. The number of morpholine rings is 1. The Labute approximate surface area is 83.0 Å². The van der Waals surface area contributed by atoms with Crippen LogP contribution in [0.5, 0.6) is 0 Å². The van der Waals surface area contributed by atoms with Gasteiger partial charge in [-0.15, -0.1) is 0 Å². The van der Waals surface area contributed by atoms with Crippen molar-refractivity contribution in [2.24, 2.45) is 0 Å². The molecule has 0 bridgehead atoms. The van der Waals surface area contributed by atoms with Crippen LogP contribution in [0.1, 0.15) is 6.42 Å². The van der Waals surface area contributed by atoms with Crippen LogP contribution in [-0.4, -0.2) is 55.7 Å². The highest BCUT2D eigenvalue weighted by Gasteiger charge is 2.20. The Morgan fingerprint density at radius 1 is 1.57 bits per heavy atom. The van der Waals surface area contributed by atoms with E-state index in [1.807, 2.05) is 0 Å². The molecule has 0 radical (unpaired) electrons. The summed E-state index contributed by atoms with van der Waals surface area (Å²) in [6.07, 6.45) is -0.788. The molecule has 0 spiro atoms. The first-order chi connectivity index (χ1) is 6.47. The van der Waals surface area contributed by atoms with E-state index in [0.29, 0.717) is 19.8 Å². The predicted molar refractivity (Wildman–Crippen MR) is 49.6 cm³/mol. The van der Waals surface area contributed by atoms with Crippen LogP contribution in [0.3, 0.4) is 0 Å². The van der Waals surface area contributed by atoms with E-state index in [1.54, 1.807) is 0 Å². The summed E-state index contributed by atoms with van der Waals surface area (Å²) in [5.41, 5.74) is 0. The molecule has 0 aromatic rings. The average Bonchev–Trinajstić information content (AvgIpc) is 2.02. The zero-order valence-corrected chi connectivity index (χ0v) is 8.53. The fraction of sp³-hybridized carbons (Fsp3) is 1.00. The van der Waals surface area contributed by atoms with Crippen LogP contribution in [0.4, 0.5) is 0 Å². The summed E-state index contributed by atoms with van der Waals surface area (Å²) in [5.74, 6) is -0.620. The first kappa shape index (κ1) is 11.9. The van der Waals surface area contributed by atoms with E-state index in [4.69, 9.17) is 9.29 Å². The SMILES string of the molecule is O=S(=O)(O)CC(O)CC1COCCN1. The molecule has 1 aliphatic heterocycles. The first-order valence-electron chi connectivity index (χ1n) is 4.42. The molecule has 7 heteroatoms. The molecular weight excluding hydrogens is 210 g/mol. The third-order valence-corrected chi connectivity index (χ3v) is 2.76. The molecule has 14 heavy (non-hydrogen) atoms. The lowest BCUT2D eigenvalue weighted by atomic mass is 10.1. The Morgan fingerprint density at radius 2 is 2.29 bits per heavy atom. The Balaban J connectivity index is 2.28. The molecule has 1 heterocycles. The number of rotatable bonds is 4. The topological polar surface area (TPSA) is 95.9 Å².